The number of thioether (sulfide) groups is 1. The predicted molar refractivity (Wildman–Crippen MR) is 96.4 cm³/mol. The van der Waals surface area contributed by atoms with Gasteiger partial charge in [-0.2, -0.15) is 0 Å². The fourth-order valence-electron chi connectivity index (χ4n) is 2.31. The van der Waals surface area contributed by atoms with Crippen LogP contribution in [0.15, 0.2) is 60.0 Å². The Bertz CT molecular complexity index is 896. The standard InChI is InChI=1S/C18H17FN4OS/c1-12-7-3-6-10-16(12)23-11-20-22-18(23)25-13(2)17(24)21-15-9-5-4-8-14(15)19/h3-11,13H,1-2H3,(H,21,24)/t13-/m1/s1. The van der Waals surface area contributed by atoms with Gasteiger partial charge in [0.25, 0.3) is 0 Å². The maximum Gasteiger partial charge on any atom is 0.237 e. The quantitative estimate of drug-likeness (QED) is 0.706. The second kappa shape index (κ2) is 7.48. The molecule has 0 bridgehead atoms. The lowest BCUT2D eigenvalue weighted by molar-refractivity contribution is -0.115. The van der Waals surface area contributed by atoms with Crippen LogP contribution in [0.4, 0.5) is 10.1 Å². The van der Waals surface area contributed by atoms with E-state index in [9.17, 15) is 9.18 Å². The molecule has 25 heavy (non-hydrogen) atoms. The van der Waals surface area contributed by atoms with Gasteiger partial charge in [-0.1, -0.05) is 42.1 Å². The minimum absolute atomic E-state index is 0.167. The van der Waals surface area contributed by atoms with Gasteiger partial charge in [0.2, 0.25) is 5.91 Å². The van der Waals surface area contributed by atoms with E-state index in [0.29, 0.717) is 5.16 Å². The van der Waals surface area contributed by atoms with Crippen LogP contribution in [0.1, 0.15) is 12.5 Å². The summed E-state index contributed by atoms with van der Waals surface area (Å²) >= 11 is 1.27. The number of para-hydroxylation sites is 2. The Labute approximate surface area is 149 Å². The summed E-state index contributed by atoms with van der Waals surface area (Å²) < 4.78 is 15.5. The number of amides is 1. The van der Waals surface area contributed by atoms with Crippen molar-refractivity contribution < 1.29 is 9.18 Å². The molecule has 1 amide bonds. The number of benzene rings is 2. The third-order valence-corrected chi connectivity index (χ3v) is 4.73. The monoisotopic (exact) mass is 356 g/mol. The van der Waals surface area contributed by atoms with E-state index in [2.05, 4.69) is 15.5 Å². The van der Waals surface area contributed by atoms with Crippen LogP contribution in [0.2, 0.25) is 0 Å². The Morgan fingerprint density at radius 2 is 1.92 bits per heavy atom. The molecular formula is C18H17FN4OS. The number of hydrogen-bond acceptors (Lipinski definition) is 4. The van der Waals surface area contributed by atoms with Gasteiger partial charge in [-0.15, -0.1) is 10.2 Å². The molecule has 1 atom stereocenters. The van der Waals surface area contributed by atoms with E-state index >= 15 is 0 Å². The summed E-state index contributed by atoms with van der Waals surface area (Å²) in [5.74, 6) is -0.759. The van der Waals surface area contributed by atoms with Gasteiger partial charge in [0.1, 0.15) is 12.1 Å². The zero-order valence-corrected chi connectivity index (χ0v) is 14.6. The number of aryl methyl sites for hydroxylation is 1. The van der Waals surface area contributed by atoms with Gasteiger partial charge in [-0.25, -0.2) is 4.39 Å². The summed E-state index contributed by atoms with van der Waals surface area (Å²) in [5.41, 5.74) is 2.20. The van der Waals surface area contributed by atoms with Crippen LogP contribution in [-0.2, 0) is 4.79 Å². The highest BCUT2D eigenvalue weighted by Gasteiger charge is 2.19. The van der Waals surface area contributed by atoms with Crippen molar-refractivity contribution in [2.45, 2.75) is 24.3 Å². The average Bonchev–Trinajstić information content (AvgIpc) is 3.05. The van der Waals surface area contributed by atoms with Crippen molar-refractivity contribution in [2.75, 3.05) is 5.32 Å². The van der Waals surface area contributed by atoms with Crippen molar-refractivity contribution in [1.29, 1.82) is 0 Å². The van der Waals surface area contributed by atoms with Crippen molar-refractivity contribution in [3.8, 4) is 5.69 Å². The van der Waals surface area contributed by atoms with Crippen LogP contribution in [0.3, 0.4) is 0 Å². The number of carbonyl (C=O) groups excluding carboxylic acids is 1. The number of aromatic nitrogens is 3. The van der Waals surface area contributed by atoms with E-state index in [1.807, 2.05) is 35.8 Å². The van der Waals surface area contributed by atoms with E-state index in [4.69, 9.17) is 0 Å². The zero-order chi connectivity index (χ0) is 17.8. The van der Waals surface area contributed by atoms with Crippen LogP contribution in [0, 0.1) is 12.7 Å². The van der Waals surface area contributed by atoms with E-state index in [1.54, 1.807) is 25.4 Å². The third-order valence-electron chi connectivity index (χ3n) is 3.67. The van der Waals surface area contributed by atoms with Crippen molar-refractivity contribution in [2.24, 2.45) is 0 Å². The van der Waals surface area contributed by atoms with E-state index in [-0.39, 0.29) is 11.6 Å². The first-order valence-electron chi connectivity index (χ1n) is 7.74. The van der Waals surface area contributed by atoms with Gasteiger partial charge >= 0.3 is 0 Å². The average molecular weight is 356 g/mol. The highest BCUT2D eigenvalue weighted by molar-refractivity contribution is 8.00. The minimum Gasteiger partial charge on any atom is -0.323 e. The summed E-state index contributed by atoms with van der Waals surface area (Å²) in [5, 5.41) is 10.8. The lowest BCUT2D eigenvalue weighted by Gasteiger charge is -2.13. The van der Waals surface area contributed by atoms with Gasteiger partial charge in [-0.3, -0.25) is 9.36 Å². The summed E-state index contributed by atoms with van der Waals surface area (Å²) in [6.45, 7) is 3.75. The molecule has 7 heteroatoms. The maximum atomic E-state index is 13.7. The Hall–Kier alpha value is -2.67. The van der Waals surface area contributed by atoms with Crippen LogP contribution >= 0.6 is 11.8 Å². The largest absolute Gasteiger partial charge is 0.323 e. The molecule has 5 nitrogen and oxygen atoms in total. The molecule has 0 spiro atoms. The van der Waals surface area contributed by atoms with E-state index < -0.39 is 11.1 Å². The zero-order valence-electron chi connectivity index (χ0n) is 13.8. The molecule has 1 heterocycles. The SMILES string of the molecule is Cc1ccccc1-n1cnnc1S[C@H](C)C(=O)Nc1ccccc1F. The first-order chi connectivity index (χ1) is 12.1. The molecule has 0 aliphatic carbocycles. The van der Waals surface area contributed by atoms with Gasteiger partial charge in [0, 0.05) is 0 Å². The number of carbonyl (C=O) groups is 1. The Kier molecular flexibility index (Phi) is 5.14. The Morgan fingerprint density at radius 3 is 2.68 bits per heavy atom. The molecule has 3 rings (SSSR count). The van der Waals surface area contributed by atoms with Crippen LogP contribution in [0.5, 0.6) is 0 Å². The van der Waals surface area contributed by atoms with Crippen molar-refractivity contribution in [1.82, 2.24) is 14.8 Å². The first-order valence-corrected chi connectivity index (χ1v) is 8.62. The first kappa shape index (κ1) is 17.2. The molecule has 0 saturated heterocycles. The van der Waals surface area contributed by atoms with Gasteiger partial charge in [-0.05, 0) is 37.6 Å². The molecule has 0 aliphatic rings. The molecule has 1 N–H and O–H groups in total. The molecule has 0 aliphatic heterocycles. The minimum atomic E-state index is -0.466. The molecule has 0 radical (unpaired) electrons. The number of halogens is 1. The topological polar surface area (TPSA) is 59.8 Å². The Balaban J connectivity index is 1.75. The van der Waals surface area contributed by atoms with Crippen molar-refractivity contribution >= 4 is 23.4 Å². The number of hydrogen-bond donors (Lipinski definition) is 1. The third kappa shape index (κ3) is 3.88. The molecule has 3 aromatic rings. The smallest absolute Gasteiger partial charge is 0.237 e. The predicted octanol–water partition coefficient (Wildman–Crippen LogP) is 3.83. The number of nitrogens with zero attached hydrogens (tertiary/aromatic N) is 3. The van der Waals surface area contributed by atoms with Gasteiger partial charge in [0.15, 0.2) is 5.16 Å². The molecule has 0 fully saturated rings. The second-order valence-electron chi connectivity index (χ2n) is 5.50. The summed E-state index contributed by atoms with van der Waals surface area (Å²) in [4.78, 5) is 12.3. The summed E-state index contributed by atoms with van der Waals surface area (Å²) in [6, 6.07) is 13.9. The van der Waals surface area contributed by atoms with Crippen LogP contribution in [-0.4, -0.2) is 25.9 Å². The van der Waals surface area contributed by atoms with Crippen LogP contribution in [0.25, 0.3) is 5.69 Å². The molecular weight excluding hydrogens is 339 g/mol. The fourth-order valence-corrected chi connectivity index (χ4v) is 3.15. The molecule has 0 unspecified atom stereocenters. The highest BCUT2D eigenvalue weighted by Crippen LogP contribution is 2.26. The lowest BCUT2D eigenvalue weighted by atomic mass is 10.2. The fraction of sp³-hybridized carbons (Fsp3) is 0.167. The van der Waals surface area contributed by atoms with Gasteiger partial charge < -0.3 is 5.32 Å². The van der Waals surface area contributed by atoms with Crippen molar-refractivity contribution in [3.63, 3.8) is 0 Å². The number of anilines is 1. The van der Waals surface area contributed by atoms with E-state index in [0.717, 1.165) is 11.3 Å². The van der Waals surface area contributed by atoms with Crippen molar-refractivity contribution in [3.05, 3.63) is 66.2 Å². The molecule has 128 valence electrons. The lowest BCUT2D eigenvalue weighted by Crippen LogP contribution is -2.23. The summed E-state index contributed by atoms with van der Waals surface area (Å²) in [6.07, 6.45) is 1.62. The van der Waals surface area contributed by atoms with Gasteiger partial charge in [0.05, 0.1) is 16.6 Å². The molecule has 1 aromatic heterocycles. The van der Waals surface area contributed by atoms with E-state index in [1.165, 1.54) is 23.9 Å². The molecule has 0 saturated carbocycles. The highest BCUT2D eigenvalue weighted by atomic mass is 32.2. The summed E-state index contributed by atoms with van der Waals surface area (Å²) in [7, 11) is 0. The molecule has 2 aromatic carbocycles. The Morgan fingerprint density at radius 1 is 1.20 bits per heavy atom. The number of nitrogens with one attached hydrogen (secondary N) is 1. The van der Waals surface area contributed by atoms with Crippen LogP contribution < -0.4 is 5.32 Å². The normalized spacial score (nSPS) is 12.0. The maximum absolute atomic E-state index is 13.7. The second-order valence-corrected chi connectivity index (χ2v) is 6.81. The number of rotatable bonds is 5.